The minimum absolute atomic E-state index is 0.360. The lowest BCUT2D eigenvalue weighted by molar-refractivity contribution is 0.841. The Kier molecular flexibility index (Phi) is 6.95. The molecule has 0 aliphatic heterocycles. The molecule has 0 aliphatic rings. The Morgan fingerprint density at radius 1 is 1.35 bits per heavy atom. The quantitative estimate of drug-likeness (QED) is 0.583. The molecular formula is C20H29N3. The first-order valence-corrected chi connectivity index (χ1v) is 8.13. The van der Waals surface area contributed by atoms with Gasteiger partial charge in [0.15, 0.2) is 0 Å². The van der Waals surface area contributed by atoms with Gasteiger partial charge in [0.1, 0.15) is 0 Å². The lowest BCUT2D eigenvalue weighted by Gasteiger charge is -2.17. The third kappa shape index (κ3) is 4.92. The number of allylic oxidation sites excluding steroid dienone is 3. The molecule has 0 saturated carbocycles. The van der Waals surface area contributed by atoms with Gasteiger partial charge in [0.2, 0.25) is 0 Å². The van der Waals surface area contributed by atoms with Crippen molar-refractivity contribution in [3.8, 4) is 0 Å². The highest BCUT2D eigenvalue weighted by molar-refractivity contribution is 6.12. The molecule has 3 heteroatoms. The minimum Gasteiger partial charge on any atom is -0.389 e. The van der Waals surface area contributed by atoms with E-state index in [9.17, 15) is 0 Å². The molecule has 0 bridgehead atoms. The highest BCUT2D eigenvalue weighted by Gasteiger charge is 2.15. The highest BCUT2D eigenvalue weighted by atomic mass is 14.9. The van der Waals surface area contributed by atoms with Gasteiger partial charge < -0.3 is 10.7 Å². The Hall–Kier alpha value is -2.16. The summed E-state index contributed by atoms with van der Waals surface area (Å²) in [7, 11) is 0. The third-order valence-electron chi connectivity index (χ3n) is 3.95. The fourth-order valence-corrected chi connectivity index (χ4v) is 2.57. The molecule has 0 aliphatic carbocycles. The summed E-state index contributed by atoms with van der Waals surface area (Å²) in [4.78, 5) is 0. The molecule has 3 N–H and O–H groups in total. The van der Waals surface area contributed by atoms with Gasteiger partial charge >= 0.3 is 0 Å². The van der Waals surface area contributed by atoms with E-state index >= 15 is 0 Å². The van der Waals surface area contributed by atoms with Crippen LogP contribution in [0.4, 0.5) is 0 Å². The van der Waals surface area contributed by atoms with Gasteiger partial charge in [-0.1, -0.05) is 44.2 Å². The van der Waals surface area contributed by atoms with Crippen molar-refractivity contribution < 1.29 is 0 Å². The second-order valence-electron chi connectivity index (χ2n) is 6.23. The van der Waals surface area contributed by atoms with Gasteiger partial charge in [0.05, 0.1) is 5.71 Å². The molecule has 3 nitrogen and oxygen atoms in total. The molecular weight excluding hydrogens is 282 g/mol. The molecule has 0 spiro atoms. The Morgan fingerprint density at radius 2 is 2.00 bits per heavy atom. The smallest absolute Gasteiger partial charge is 0.0644 e. The Labute approximate surface area is 140 Å². The first-order chi connectivity index (χ1) is 10.8. The van der Waals surface area contributed by atoms with Gasteiger partial charge in [-0.3, -0.25) is 5.41 Å². The van der Waals surface area contributed by atoms with Gasteiger partial charge in [-0.2, -0.15) is 0 Å². The van der Waals surface area contributed by atoms with Crippen LogP contribution < -0.4 is 5.32 Å². The maximum absolute atomic E-state index is 8.53. The summed E-state index contributed by atoms with van der Waals surface area (Å²) in [6.07, 6.45) is 1.88. The van der Waals surface area contributed by atoms with Crippen molar-refractivity contribution in [2.24, 2.45) is 0 Å². The molecule has 124 valence electrons. The maximum atomic E-state index is 8.53. The zero-order valence-electron chi connectivity index (χ0n) is 15.0. The van der Waals surface area contributed by atoms with Crippen molar-refractivity contribution in [3.05, 3.63) is 58.3 Å². The summed E-state index contributed by atoms with van der Waals surface area (Å²) < 4.78 is 0. The number of rotatable bonds is 8. The minimum atomic E-state index is 0.360. The van der Waals surface area contributed by atoms with E-state index in [0.717, 1.165) is 29.0 Å². The number of hydrogen-bond acceptors (Lipinski definition) is 3. The summed E-state index contributed by atoms with van der Waals surface area (Å²) in [6, 6.07) is 6.21. The normalized spacial score (nSPS) is 11.9. The van der Waals surface area contributed by atoms with E-state index in [0.29, 0.717) is 18.1 Å². The molecule has 0 heterocycles. The summed E-state index contributed by atoms with van der Waals surface area (Å²) in [5.41, 5.74) is 6.40. The Balaban J connectivity index is 3.08. The fourth-order valence-electron chi connectivity index (χ4n) is 2.57. The topological polar surface area (TPSA) is 59.7 Å². The van der Waals surface area contributed by atoms with Crippen LogP contribution >= 0.6 is 0 Å². The average molecular weight is 311 g/mol. The first-order valence-electron chi connectivity index (χ1n) is 8.13. The second kappa shape index (κ2) is 8.47. The van der Waals surface area contributed by atoms with Gasteiger partial charge in [0.25, 0.3) is 0 Å². The van der Waals surface area contributed by atoms with Gasteiger partial charge in [-0.15, -0.1) is 0 Å². The van der Waals surface area contributed by atoms with Crippen molar-refractivity contribution in [1.29, 1.82) is 10.8 Å². The summed E-state index contributed by atoms with van der Waals surface area (Å²) in [5.74, 6) is 0.360. The maximum Gasteiger partial charge on any atom is 0.0644 e. The summed E-state index contributed by atoms with van der Waals surface area (Å²) >= 11 is 0. The number of hydrogen-bond donors (Lipinski definition) is 3. The van der Waals surface area contributed by atoms with Crippen molar-refractivity contribution in [1.82, 2.24) is 5.32 Å². The summed E-state index contributed by atoms with van der Waals surface area (Å²) in [5, 5.41) is 19.4. The number of nitrogens with one attached hydrogen (secondary N) is 3. The van der Waals surface area contributed by atoms with Crippen LogP contribution in [0, 0.1) is 17.7 Å². The molecule has 0 aromatic heterocycles. The van der Waals surface area contributed by atoms with Crippen LogP contribution in [-0.2, 0) is 0 Å². The molecule has 23 heavy (non-hydrogen) atoms. The lowest BCUT2D eigenvalue weighted by atomic mass is 9.89. The molecule has 1 aromatic rings. The van der Waals surface area contributed by atoms with Gasteiger partial charge in [-0.25, -0.2) is 0 Å². The van der Waals surface area contributed by atoms with Gasteiger partial charge in [0, 0.05) is 30.4 Å². The number of benzene rings is 1. The third-order valence-corrected chi connectivity index (χ3v) is 3.95. The molecule has 0 radical (unpaired) electrons. The zero-order valence-corrected chi connectivity index (χ0v) is 15.0. The molecule has 1 aromatic carbocycles. The summed E-state index contributed by atoms with van der Waals surface area (Å²) in [6.45, 7) is 15.3. The molecule has 0 unspecified atom stereocenters. The van der Waals surface area contributed by atoms with E-state index < -0.39 is 0 Å². The van der Waals surface area contributed by atoms with Crippen molar-refractivity contribution >= 4 is 11.9 Å². The standard InChI is InChI=1S/C20H29N3/c1-7-23-16(6)17(12-21)11-15(5)20(22)18-9-8-14(4)10-19(18)13(2)3/h8-10,12-13,21-23H,5,7,11H2,1-4,6H3/b17-16-,21-12?,22-20?. The Bertz CT molecular complexity index is 636. The van der Waals surface area contributed by atoms with Gasteiger partial charge in [-0.05, 0) is 43.4 Å². The number of aryl methyl sites for hydroxylation is 1. The predicted molar refractivity (Wildman–Crippen MR) is 101 cm³/mol. The molecule has 0 saturated heterocycles. The second-order valence-corrected chi connectivity index (χ2v) is 6.23. The van der Waals surface area contributed by atoms with Crippen LogP contribution in [-0.4, -0.2) is 18.5 Å². The largest absolute Gasteiger partial charge is 0.389 e. The predicted octanol–water partition coefficient (Wildman–Crippen LogP) is 4.97. The van der Waals surface area contributed by atoms with Crippen LogP contribution in [0.1, 0.15) is 56.7 Å². The van der Waals surface area contributed by atoms with Crippen molar-refractivity contribution in [2.45, 2.75) is 47.0 Å². The zero-order chi connectivity index (χ0) is 17.6. The highest BCUT2D eigenvalue weighted by Crippen LogP contribution is 2.25. The monoisotopic (exact) mass is 311 g/mol. The Morgan fingerprint density at radius 3 is 2.52 bits per heavy atom. The average Bonchev–Trinajstić information content (AvgIpc) is 2.51. The fraction of sp³-hybridized carbons (Fsp3) is 0.400. The van der Waals surface area contributed by atoms with E-state index in [1.54, 1.807) is 0 Å². The van der Waals surface area contributed by atoms with Crippen LogP contribution in [0.15, 0.2) is 41.6 Å². The molecule has 0 atom stereocenters. The van der Waals surface area contributed by atoms with E-state index in [1.165, 1.54) is 17.3 Å². The van der Waals surface area contributed by atoms with E-state index in [1.807, 2.05) is 26.0 Å². The SMILES string of the molecule is C=C(C/C(C=N)=C(\C)NCC)C(=N)c1ccc(C)cc1C(C)C. The molecule has 1 rings (SSSR count). The van der Waals surface area contributed by atoms with E-state index in [4.69, 9.17) is 10.8 Å². The molecule has 0 fully saturated rings. The first kappa shape index (κ1) is 18.9. The van der Waals surface area contributed by atoms with Crippen LogP contribution in [0.5, 0.6) is 0 Å². The van der Waals surface area contributed by atoms with Crippen molar-refractivity contribution in [3.63, 3.8) is 0 Å². The van der Waals surface area contributed by atoms with Crippen LogP contribution in [0.2, 0.25) is 0 Å². The molecule has 0 amide bonds. The van der Waals surface area contributed by atoms with Crippen LogP contribution in [0.3, 0.4) is 0 Å². The van der Waals surface area contributed by atoms with E-state index in [2.05, 4.69) is 38.7 Å². The lowest BCUT2D eigenvalue weighted by Crippen LogP contribution is -2.14. The van der Waals surface area contributed by atoms with Crippen LogP contribution in [0.25, 0.3) is 0 Å². The van der Waals surface area contributed by atoms with Crippen molar-refractivity contribution in [2.75, 3.05) is 6.54 Å². The van der Waals surface area contributed by atoms with E-state index in [-0.39, 0.29) is 0 Å².